The summed E-state index contributed by atoms with van der Waals surface area (Å²) < 4.78 is 5.18. The fraction of sp³-hybridized carbons (Fsp3) is 0.933. The Labute approximate surface area is 122 Å². The van der Waals surface area contributed by atoms with Crippen LogP contribution in [0.5, 0.6) is 0 Å². The lowest BCUT2D eigenvalue weighted by Crippen LogP contribution is -2.52. The molecule has 2 fully saturated rings. The molecule has 0 aromatic carbocycles. The number of piperazine rings is 1. The molecule has 0 aromatic heterocycles. The van der Waals surface area contributed by atoms with Crippen LogP contribution in [0, 0.1) is 0 Å². The first-order valence-electron chi connectivity index (χ1n) is 7.94. The van der Waals surface area contributed by atoms with E-state index in [-0.39, 0.29) is 18.2 Å². The molecule has 5 heteroatoms. The Morgan fingerprint density at radius 2 is 1.90 bits per heavy atom. The lowest BCUT2D eigenvalue weighted by atomic mass is 9.89. The molecule has 1 aliphatic heterocycles. The molecule has 1 heterocycles. The van der Waals surface area contributed by atoms with Crippen molar-refractivity contribution in [3.8, 4) is 0 Å². The average Bonchev–Trinajstić information content (AvgIpc) is 2.38. The van der Waals surface area contributed by atoms with Crippen LogP contribution in [0.4, 0.5) is 4.79 Å². The van der Waals surface area contributed by atoms with Crippen molar-refractivity contribution < 1.29 is 9.53 Å². The number of nitrogens with one attached hydrogen (secondary N) is 1. The Balaban J connectivity index is 1.78. The minimum absolute atomic E-state index is 0.0491. The molecule has 1 saturated carbocycles. The molecule has 2 aliphatic rings. The van der Waals surface area contributed by atoms with Gasteiger partial charge in [0.2, 0.25) is 0 Å². The van der Waals surface area contributed by atoms with Crippen molar-refractivity contribution in [2.24, 2.45) is 0 Å². The highest BCUT2D eigenvalue weighted by Crippen LogP contribution is 2.24. The van der Waals surface area contributed by atoms with Crippen LogP contribution in [0.15, 0.2) is 0 Å². The summed E-state index contributed by atoms with van der Waals surface area (Å²) in [6.45, 7) is 8.39. The number of ether oxygens (including phenoxy) is 1. The SMILES string of the molecule is CC(C)OC(=O)NC1CCC[C@H](N2CCN(C)CC2)C1. The van der Waals surface area contributed by atoms with Gasteiger partial charge in [0.15, 0.2) is 0 Å². The highest BCUT2D eigenvalue weighted by molar-refractivity contribution is 5.67. The summed E-state index contributed by atoms with van der Waals surface area (Å²) in [5.41, 5.74) is 0. The van der Waals surface area contributed by atoms with E-state index in [1.165, 1.54) is 12.8 Å². The zero-order valence-corrected chi connectivity index (χ0v) is 13.1. The van der Waals surface area contributed by atoms with Crippen molar-refractivity contribution >= 4 is 6.09 Å². The number of likely N-dealkylation sites (N-methyl/N-ethyl adjacent to an activating group) is 1. The van der Waals surface area contributed by atoms with Gasteiger partial charge in [-0.05, 0) is 46.6 Å². The molecule has 2 atom stereocenters. The molecule has 2 rings (SSSR count). The Hall–Kier alpha value is -0.810. The molecule has 1 N–H and O–H groups in total. The smallest absolute Gasteiger partial charge is 0.407 e. The van der Waals surface area contributed by atoms with Crippen molar-refractivity contribution in [2.75, 3.05) is 33.2 Å². The number of rotatable bonds is 3. The van der Waals surface area contributed by atoms with Gasteiger partial charge in [-0.1, -0.05) is 0 Å². The van der Waals surface area contributed by atoms with E-state index >= 15 is 0 Å². The minimum atomic E-state index is -0.260. The van der Waals surface area contributed by atoms with E-state index in [0.29, 0.717) is 6.04 Å². The first-order chi connectivity index (χ1) is 9.54. The average molecular weight is 283 g/mol. The van der Waals surface area contributed by atoms with E-state index < -0.39 is 0 Å². The first-order valence-corrected chi connectivity index (χ1v) is 7.94. The molecular formula is C15H29N3O2. The number of carbonyl (C=O) groups excluding carboxylic acids is 1. The van der Waals surface area contributed by atoms with E-state index in [4.69, 9.17) is 4.74 Å². The summed E-state index contributed by atoms with van der Waals surface area (Å²) in [5.74, 6) is 0. The molecule has 0 radical (unpaired) electrons. The molecule has 1 aliphatic carbocycles. The molecule has 116 valence electrons. The Kier molecular flexibility index (Phi) is 5.66. The van der Waals surface area contributed by atoms with E-state index in [1.807, 2.05) is 13.8 Å². The van der Waals surface area contributed by atoms with Crippen LogP contribution in [0.2, 0.25) is 0 Å². The topological polar surface area (TPSA) is 44.8 Å². The summed E-state index contributed by atoms with van der Waals surface area (Å²) in [6.07, 6.45) is 4.30. The summed E-state index contributed by atoms with van der Waals surface area (Å²) in [4.78, 5) is 16.7. The molecule has 20 heavy (non-hydrogen) atoms. The van der Waals surface area contributed by atoms with Gasteiger partial charge in [-0.3, -0.25) is 4.90 Å². The molecule has 1 unspecified atom stereocenters. The predicted molar refractivity (Wildman–Crippen MR) is 79.9 cm³/mol. The van der Waals surface area contributed by atoms with Crippen LogP contribution in [-0.2, 0) is 4.74 Å². The maximum absolute atomic E-state index is 11.7. The molecule has 0 aromatic rings. The van der Waals surface area contributed by atoms with E-state index in [9.17, 15) is 4.79 Å². The lowest BCUT2D eigenvalue weighted by molar-refractivity contribution is 0.0765. The van der Waals surface area contributed by atoms with Crippen LogP contribution < -0.4 is 5.32 Å². The zero-order chi connectivity index (χ0) is 14.5. The highest BCUT2D eigenvalue weighted by Gasteiger charge is 2.29. The van der Waals surface area contributed by atoms with Crippen LogP contribution in [0.25, 0.3) is 0 Å². The Bertz CT molecular complexity index is 314. The monoisotopic (exact) mass is 283 g/mol. The summed E-state index contributed by atoms with van der Waals surface area (Å²) in [5, 5.41) is 3.03. The van der Waals surface area contributed by atoms with Crippen LogP contribution in [0.1, 0.15) is 39.5 Å². The summed E-state index contributed by atoms with van der Waals surface area (Å²) >= 11 is 0. The van der Waals surface area contributed by atoms with Gasteiger partial charge in [-0.2, -0.15) is 0 Å². The van der Waals surface area contributed by atoms with Gasteiger partial charge in [0.25, 0.3) is 0 Å². The van der Waals surface area contributed by atoms with Crippen molar-refractivity contribution in [1.29, 1.82) is 0 Å². The van der Waals surface area contributed by atoms with Gasteiger partial charge in [0, 0.05) is 38.3 Å². The lowest BCUT2D eigenvalue weighted by Gasteiger charge is -2.41. The molecular weight excluding hydrogens is 254 g/mol. The van der Waals surface area contributed by atoms with Crippen molar-refractivity contribution in [2.45, 2.75) is 57.7 Å². The maximum atomic E-state index is 11.7. The van der Waals surface area contributed by atoms with E-state index in [2.05, 4.69) is 22.2 Å². The van der Waals surface area contributed by atoms with Crippen molar-refractivity contribution in [1.82, 2.24) is 15.1 Å². The van der Waals surface area contributed by atoms with Gasteiger partial charge in [0.05, 0.1) is 6.10 Å². The number of hydrogen-bond donors (Lipinski definition) is 1. The Morgan fingerprint density at radius 3 is 2.55 bits per heavy atom. The second-order valence-corrected chi connectivity index (χ2v) is 6.45. The molecule has 1 saturated heterocycles. The van der Waals surface area contributed by atoms with Gasteiger partial charge >= 0.3 is 6.09 Å². The zero-order valence-electron chi connectivity index (χ0n) is 13.1. The standard InChI is InChI=1S/C15H29N3O2/c1-12(2)20-15(19)16-13-5-4-6-14(11-13)18-9-7-17(3)8-10-18/h12-14H,4-11H2,1-3H3,(H,16,19)/t13?,14-/m0/s1. The second-order valence-electron chi connectivity index (χ2n) is 6.45. The third-order valence-electron chi connectivity index (χ3n) is 4.37. The predicted octanol–water partition coefficient (Wildman–Crippen LogP) is 1.68. The second kappa shape index (κ2) is 7.27. The van der Waals surface area contributed by atoms with E-state index in [1.54, 1.807) is 0 Å². The number of hydrogen-bond acceptors (Lipinski definition) is 4. The van der Waals surface area contributed by atoms with Gasteiger partial charge in [0.1, 0.15) is 0 Å². The summed E-state index contributed by atoms with van der Waals surface area (Å²) in [6, 6.07) is 0.904. The normalized spacial score (nSPS) is 29.4. The van der Waals surface area contributed by atoms with Gasteiger partial charge in [-0.25, -0.2) is 4.79 Å². The first kappa shape index (κ1) is 15.6. The van der Waals surface area contributed by atoms with Gasteiger partial charge < -0.3 is 15.0 Å². The van der Waals surface area contributed by atoms with Crippen LogP contribution >= 0.6 is 0 Å². The van der Waals surface area contributed by atoms with Gasteiger partial charge in [-0.15, -0.1) is 0 Å². The van der Waals surface area contributed by atoms with Crippen LogP contribution in [0.3, 0.4) is 0 Å². The van der Waals surface area contributed by atoms with Crippen molar-refractivity contribution in [3.63, 3.8) is 0 Å². The fourth-order valence-electron chi connectivity index (χ4n) is 3.23. The molecule has 1 amide bonds. The maximum Gasteiger partial charge on any atom is 0.407 e. The quantitative estimate of drug-likeness (QED) is 0.856. The van der Waals surface area contributed by atoms with Crippen molar-refractivity contribution in [3.05, 3.63) is 0 Å². The third-order valence-corrected chi connectivity index (χ3v) is 4.37. The molecule has 0 spiro atoms. The number of amides is 1. The highest BCUT2D eigenvalue weighted by atomic mass is 16.6. The fourth-order valence-corrected chi connectivity index (χ4v) is 3.23. The third kappa shape index (κ3) is 4.63. The Morgan fingerprint density at radius 1 is 1.20 bits per heavy atom. The molecule has 0 bridgehead atoms. The molecule has 5 nitrogen and oxygen atoms in total. The largest absolute Gasteiger partial charge is 0.447 e. The summed E-state index contributed by atoms with van der Waals surface area (Å²) in [7, 11) is 2.19. The minimum Gasteiger partial charge on any atom is -0.447 e. The number of alkyl carbamates (subject to hydrolysis) is 1. The number of carbonyl (C=O) groups is 1. The van der Waals surface area contributed by atoms with Crippen LogP contribution in [-0.4, -0.2) is 67.3 Å². The number of nitrogens with zero attached hydrogens (tertiary/aromatic N) is 2. The van der Waals surface area contributed by atoms with E-state index in [0.717, 1.165) is 39.0 Å².